The maximum absolute atomic E-state index is 4.10. The van der Waals surface area contributed by atoms with Gasteiger partial charge in [0.05, 0.1) is 6.04 Å². The van der Waals surface area contributed by atoms with E-state index in [2.05, 4.69) is 29.2 Å². The highest BCUT2D eigenvalue weighted by molar-refractivity contribution is 4.66. The summed E-state index contributed by atoms with van der Waals surface area (Å²) in [5.41, 5.74) is 0. The fraction of sp³-hybridized carbons (Fsp3) is 0.800. The van der Waals surface area contributed by atoms with Crippen LogP contribution in [-0.4, -0.2) is 27.9 Å². The second-order valence-corrected chi connectivity index (χ2v) is 3.64. The van der Waals surface area contributed by atoms with Gasteiger partial charge in [-0.2, -0.15) is 5.10 Å². The first-order valence-corrected chi connectivity index (χ1v) is 5.39. The number of rotatable bonds is 7. The molecule has 0 aromatic carbocycles. The number of aromatic nitrogens is 3. The molecule has 0 amide bonds. The van der Waals surface area contributed by atoms with E-state index in [0.717, 1.165) is 13.1 Å². The van der Waals surface area contributed by atoms with Crippen molar-refractivity contribution >= 4 is 0 Å². The van der Waals surface area contributed by atoms with Gasteiger partial charge in [-0.25, -0.2) is 9.67 Å². The minimum atomic E-state index is 0.388. The predicted molar refractivity (Wildman–Crippen MR) is 57.1 cm³/mol. The third kappa shape index (κ3) is 3.87. The molecule has 1 N–H and O–H groups in total. The van der Waals surface area contributed by atoms with E-state index in [1.807, 2.05) is 4.68 Å². The molecule has 4 heteroatoms. The Balaban J connectivity index is 2.07. The van der Waals surface area contributed by atoms with Gasteiger partial charge >= 0.3 is 0 Å². The summed E-state index contributed by atoms with van der Waals surface area (Å²) in [6.07, 6.45) is 7.19. The van der Waals surface area contributed by atoms with E-state index in [1.54, 1.807) is 12.7 Å². The summed E-state index contributed by atoms with van der Waals surface area (Å²) in [5, 5.41) is 7.52. The van der Waals surface area contributed by atoms with E-state index < -0.39 is 0 Å². The molecule has 14 heavy (non-hydrogen) atoms. The molecule has 0 aliphatic carbocycles. The van der Waals surface area contributed by atoms with Gasteiger partial charge in [0.25, 0.3) is 0 Å². The third-order valence-electron chi connectivity index (χ3n) is 2.29. The Morgan fingerprint density at radius 1 is 1.43 bits per heavy atom. The minimum absolute atomic E-state index is 0.388. The molecule has 1 rings (SSSR count). The number of unbranched alkanes of at least 4 members (excludes halogenated alkanes) is 2. The fourth-order valence-electron chi connectivity index (χ4n) is 1.35. The van der Waals surface area contributed by atoms with Gasteiger partial charge in [-0.1, -0.05) is 19.8 Å². The smallest absolute Gasteiger partial charge is 0.137 e. The largest absolute Gasteiger partial charge is 0.315 e. The van der Waals surface area contributed by atoms with Crippen molar-refractivity contribution in [2.24, 2.45) is 0 Å². The molecule has 0 saturated carbocycles. The van der Waals surface area contributed by atoms with Crippen molar-refractivity contribution in [2.75, 3.05) is 13.1 Å². The van der Waals surface area contributed by atoms with Crippen LogP contribution in [0.15, 0.2) is 12.7 Å². The molecule has 80 valence electrons. The quantitative estimate of drug-likeness (QED) is 0.674. The van der Waals surface area contributed by atoms with Crippen molar-refractivity contribution in [1.82, 2.24) is 20.1 Å². The summed E-state index contributed by atoms with van der Waals surface area (Å²) in [7, 11) is 0. The van der Waals surface area contributed by atoms with Crippen LogP contribution < -0.4 is 5.32 Å². The summed E-state index contributed by atoms with van der Waals surface area (Å²) in [6, 6.07) is 0.388. The molecular weight excluding hydrogens is 176 g/mol. The second kappa shape index (κ2) is 6.54. The summed E-state index contributed by atoms with van der Waals surface area (Å²) >= 11 is 0. The zero-order valence-electron chi connectivity index (χ0n) is 9.11. The molecular formula is C10H20N4. The highest BCUT2D eigenvalue weighted by Crippen LogP contribution is 1.99. The predicted octanol–water partition coefficient (Wildman–Crippen LogP) is 1.62. The van der Waals surface area contributed by atoms with Crippen LogP contribution in [0.5, 0.6) is 0 Å². The Bertz CT molecular complexity index is 220. The van der Waals surface area contributed by atoms with E-state index in [0.29, 0.717) is 6.04 Å². The Hall–Kier alpha value is -0.900. The van der Waals surface area contributed by atoms with Crippen molar-refractivity contribution in [3.63, 3.8) is 0 Å². The van der Waals surface area contributed by atoms with Crippen LogP contribution in [0.3, 0.4) is 0 Å². The Labute approximate surface area is 85.7 Å². The fourth-order valence-corrected chi connectivity index (χ4v) is 1.35. The van der Waals surface area contributed by atoms with Gasteiger partial charge in [-0.15, -0.1) is 0 Å². The molecule has 4 nitrogen and oxygen atoms in total. The molecule has 0 aliphatic rings. The lowest BCUT2D eigenvalue weighted by Crippen LogP contribution is -2.24. The van der Waals surface area contributed by atoms with Crippen molar-refractivity contribution in [1.29, 1.82) is 0 Å². The van der Waals surface area contributed by atoms with Crippen LogP contribution >= 0.6 is 0 Å². The van der Waals surface area contributed by atoms with Crippen molar-refractivity contribution in [3.05, 3.63) is 12.7 Å². The monoisotopic (exact) mass is 196 g/mol. The maximum Gasteiger partial charge on any atom is 0.137 e. The molecule has 0 saturated heterocycles. The number of hydrogen-bond acceptors (Lipinski definition) is 3. The van der Waals surface area contributed by atoms with Crippen LogP contribution in [0.2, 0.25) is 0 Å². The molecule has 1 aromatic heterocycles. The first-order chi connectivity index (χ1) is 6.84. The highest BCUT2D eigenvalue weighted by atomic mass is 15.3. The minimum Gasteiger partial charge on any atom is -0.315 e. The van der Waals surface area contributed by atoms with Crippen LogP contribution in [0.1, 0.15) is 39.2 Å². The zero-order valence-corrected chi connectivity index (χ0v) is 9.11. The third-order valence-corrected chi connectivity index (χ3v) is 2.29. The number of nitrogens with one attached hydrogen (secondary N) is 1. The van der Waals surface area contributed by atoms with Gasteiger partial charge < -0.3 is 5.32 Å². The molecule has 0 bridgehead atoms. The first kappa shape index (κ1) is 11.2. The Morgan fingerprint density at radius 2 is 2.29 bits per heavy atom. The van der Waals surface area contributed by atoms with E-state index in [4.69, 9.17) is 0 Å². The Morgan fingerprint density at radius 3 is 2.93 bits per heavy atom. The van der Waals surface area contributed by atoms with Gasteiger partial charge in [-0.05, 0) is 19.9 Å². The highest BCUT2D eigenvalue weighted by Gasteiger charge is 2.02. The summed E-state index contributed by atoms with van der Waals surface area (Å²) < 4.78 is 1.88. The normalized spacial score (nSPS) is 13.0. The van der Waals surface area contributed by atoms with Gasteiger partial charge in [0, 0.05) is 6.54 Å². The molecule has 1 atom stereocenters. The molecule has 1 aromatic rings. The number of hydrogen-bond donors (Lipinski definition) is 1. The van der Waals surface area contributed by atoms with E-state index in [1.165, 1.54) is 19.3 Å². The zero-order chi connectivity index (χ0) is 10.2. The van der Waals surface area contributed by atoms with Gasteiger partial charge in [0.2, 0.25) is 0 Å². The molecule has 0 radical (unpaired) electrons. The molecule has 1 heterocycles. The topological polar surface area (TPSA) is 42.7 Å². The van der Waals surface area contributed by atoms with E-state index in [9.17, 15) is 0 Å². The summed E-state index contributed by atoms with van der Waals surface area (Å²) in [6.45, 7) is 6.43. The average molecular weight is 196 g/mol. The van der Waals surface area contributed by atoms with Crippen LogP contribution in [0.4, 0.5) is 0 Å². The van der Waals surface area contributed by atoms with Gasteiger partial charge in [0.1, 0.15) is 12.7 Å². The van der Waals surface area contributed by atoms with Crippen molar-refractivity contribution in [3.8, 4) is 0 Å². The maximum atomic E-state index is 4.10. The average Bonchev–Trinajstić information content (AvgIpc) is 2.70. The molecule has 1 unspecified atom stereocenters. The van der Waals surface area contributed by atoms with Crippen molar-refractivity contribution in [2.45, 2.75) is 39.2 Å². The SMILES string of the molecule is CCCCCNCC(C)n1cncn1. The van der Waals surface area contributed by atoms with Crippen molar-refractivity contribution < 1.29 is 0 Å². The van der Waals surface area contributed by atoms with Gasteiger partial charge in [-0.3, -0.25) is 0 Å². The molecule has 0 spiro atoms. The van der Waals surface area contributed by atoms with Gasteiger partial charge in [0.15, 0.2) is 0 Å². The summed E-state index contributed by atoms with van der Waals surface area (Å²) in [4.78, 5) is 3.92. The lowest BCUT2D eigenvalue weighted by Gasteiger charge is -2.12. The lowest BCUT2D eigenvalue weighted by molar-refractivity contribution is 0.448. The summed E-state index contributed by atoms with van der Waals surface area (Å²) in [5.74, 6) is 0. The standard InChI is InChI=1S/C10H20N4/c1-3-4-5-6-11-7-10(2)14-9-12-8-13-14/h8-11H,3-7H2,1-2H3. The first-order valence-electron chi connectivity index (χ1n) is 5.39. The van der Waals surface area contributed by atoms with E-state index >= 15 is 0 Å². The van der Waals surface area contributed by atoms with Crippen LogP contribution in [-0.2, 0) is 0 Å². The second-order valence-electron chi connectivity index (χ2n) is 3.64. The Kier molecular flexibility index (Phi) is 5.22. The number of nitrogens with zero attached hydrogens (tertiary/aromatic N) is 3. The van der Waals surface area contributed by atoms with Crippen LogP contribution in [0.25, 0.3) is 0 Å². The molecule has 0 fully saturated rings. The molecule has 0 aliphatic heterocycles. The van der Waals surface area contributed by atoms with Crippen LogP contribution in [0, 0.1) is 0 Å². The van der Waals surface area contributed by atoms with E-state index in [-0.39, 0.29) is 0 Å². The lowest BCUT2D eigenvalue weighted by atomic mass is 10.2.